The van der Waals surface area contributed by atoms with Gasteiger partial charge in [0.1, 0.15) is 29.3 Å². The molecule has 0 unspecified atom stereocenters. The summed E-state index contributed by atoms with van der Waals surface area (Å²) in [6.07, 6.45) is 0. The average Bonchev–Trinajstić information content (AvgIpc) is 2.65. The topological polar surface area (TPSA) is 75.0 Å². The fourth-order valence-corrected chi connectivity index (χ4v) is 2.46. The summed E-state index contributed by atoms with van der Waals surface area (Å²) in [4.78, 5) is 24.3. The average molecular weight is 340 g/mol. The van der Waals surface area contributed by atoms with Gasteiger partial charge in [0.25, 0.3) is 0 Å². The molecular formula is C19H16O6. The third-order valence-electron chi connectivity index (χ3n) is 3.66. The lowest BCUT2D eigenvalue weighted by atomic mass is 10.1. The van der Waals surface area contributed by atoms with Crippen LogP contribution in [0.3, 0.4) is 0 Å². The van der Waals surface area contributed by atoms with Gasteiger partial charge in [0, 0.05) is 6.07 Å². The van der Waals surface area contributed by atoms with Crippen LogP contribution in [0.5, 0.6) is 11.5 Å². The highest BCUT2D eigenvalue weighted by atomic mass is 16.5. The number of esters is 1. The number of carbonyl (C=O) groups excluding carboxylic acids is 1. The molecule has 0 amide bonds. The number of carbonyl (C=O) groups is 1. The molecule has 128 valence electrons. The summed E-state index contributed by atoms with van der Waals surface area (Å²) in [5.74, 6) is 0.641. The van der Waals surface area contributed by atoms with E-state index >= 15 is 0 Å². The van der Waals surface area contributed by atoms with Gasteiger partial charge in [0.15, 0.2) is 0 Å². The largest absolute Gasteiger partial charge is 0.497 e. The summed E-state index contributed by atoms with van der Waals surface area (Å²) in [5.41, 5.74) is -0.142. The van der Waals surface area contributed by atoms with Crippen LogP contribution in [-0.2, 0) is 11.3 Å². The Morgan fingerprint density at radius 2 is 1.80 bits per heavy atom. The first kappa shape index (κ1) is 16.6. The lowest BCUT2D eigenvalue weighted by molar-refractivity contribution is 0.0442. The van der Waals surface area contributed by atoms with Gasteiger partial charge in [0.2, 0.25) is 0 Å². The maximum absolute atomic E-state index is 12.3. The van der Waals surface area contributed by atoms with Crippen LogP contribution in [0.4, 0.5) is 0 Å². The van der Waals surface area contributed by atoms with E-state index in [0.29, 0.717) is 27.8 Å². The fraction of sp³-hybridized carbons (Fsp3) is 0.158. The first-order valence-electron chi connectivity index (χ1n) is 7.53. The number of fused-ring (bicyclic) bond motifs is 1. The van der Waals surface area contributed by atoms with Gasteiger partial charge in [0.05, 0.1) is 19.8 Å². The quantitative estimate of drug-likeness (QED) is 0.664. The van der Waals surface area contributed by atoms with Crippen LogP contribution in [0.1, 0.15) is 16.1 Å². The maximum Gasteiger partial charge on any atom is 0.347 e. The van der Waals surface area contributed by atoms with E-state index < -0.39 is 11.6 Å². The lowest BCUT2D eigenvalue weighted by Gasteiger charge is -2.09. The first-order chi connectivity index (χ1) is 12.1. The van der Waals surface area contributed by atoms with Gasteiger partial charge in [-0.15, -0.1) is 0 Å². The van der Waals surface area contributed by atoms with E-state index in [0.717, 1.165) is 0 Å². The molecule has 6 nitrogen and oxygen atoms in total. The Hall–Kier alpha value is -3.28. The first-order valence-corrected chi connectivity index (χ1v) is 7.53. The van der Waals surface area contributed by atoms with Crippen molar-refractivity contribution in [2.45, 2.75) is 6.61 Å². The zero-order chi connectivity index (χ0) is 17.8. The van der Waals surface area contributed by atoms with Crippen LogP contribution in [-0.4, -0.2) is 20.2 Å². The number of methoxy groups -OCH3 is 2. The molecule has 0 bridgehead atoms. The Bertz CT molecular complexity index is 959. The molecule has 0 aliphatic carbocycles. The molecule has 1 aromatic heterocycles. The van der Waals surface area contributed by atoms with E-state index in [1.54, 1.807) is 48.5 Å². The SMILES string of the molecule is COc1cc(OC)c2c(=O)oc(COC(=O)c3ccccc3)cc2c1. The van der Waals surface area contributed by atoms with E-state index in [9.17, 15) is 9.59 Å². The molecule has 1 heterocycles. The normalized spacial score (nSPS) is 10.5. The molecule has 0 atom stereocenters. The zero-order valence-electron chi connectivity index (χ0n) is 13.8. The van der Waals surface area contributed by atoms with E-state index in [1.807, 2.05) is 0 Å². The summed E-state index contributed by atoms with van der Waals surface area (Å²) in [6, 6.07) is 13.5. The van der Waals surface area contributed by atoms with Crippen molar-refractivity contribution < 1.29 is 23.4 Å². The molecule has 0 saturated heterocycles. The third-order valence-corrected chi connectivity index (χ3v) is 3.66. The highest BCUT2D eigenvalue weighted by Crippen LogP contribution is 2.29. The molecule has 0 radical (unpaired) electrons. The molecule has 3 rings (SSSR count). The summed E-state index contributed by atoms with van der Waals surface area (Å²) in [5, 5.41) is 0.889. The number of ether oxygens (including phenoxy) is 3. The second kappa shape index (κ2) is 7.09. The van der Waals surface area contributed by atoms with Crippen molar-refractivity contribution in [3.8, 4) is 11.5 Å². The van der Waals surface area contributed by atoms with Gasteiger partial charge in [-0.05, 0) is 29.7 Å². The van der Waals surface area contributed by atoms with Crippen LogP contribution < -0.4 is 15.1 Å². The van der Waals surface area contributed by atoms with Crippen molar-refractivity contribution in [2.75, 3.05) is 14.2 Å². The van der Waals surface area contributed by atoms with Crippen LogP contribution in [0.2, 0.25) is 0 Å². The third kappa shape index (κ3) is 3.47. The minimum atomic E-state index is -0.567. The van der Waals surface area contributed by atoms with Gasteiger partial charge in [-0.3, -0.25) is 0 Å². The summed E-state index contributed by atoms with van der Waals surface area (Å²) in [7, 11) is 2.98. The molecule has 0 aliphatic heterocycles. The molecule has 0 fully saturated rings. The molecule has 25 heavy (non-hydrogen) atoms. The number of benzene rings is 2. The molecular weight excluding hydrogens is 324 g/mol. The number of hydrogen-bond acceptors (Lipinski definition) is 6. The monoisotopic (exact) mass is 340 g/mol. The molecule has 0 aliphatic rings. The van der Waals surface area contributed by atoms with E-state index in [-0.39, 0.29) is 12.4 Å². The van der Waals surface area contributed by atoms with Crippen LogP contribution in [0.25, 0.3) is 10.8 Å². The number of hydrogen-bond donors (Lipinski definition) is 0. The Morgan fingerprint density at radius 1 is 1.04 bits per heavy atom. The predicted octanol–water partition coefficient (Wildman–Crippen LogP) is 3.17. The van der Waals surface area contributed by atoms with Crippen molar-refractivity contribution in [2.24, 2.45) is 0 Å². The summed E-state index contributed by atoms with van der Waals surface area (Å²) < 4.78 is 20.9. The fourth-order valence-electron chi connectivity index (χ4n) is 2.46. The van der Waals surface area contributed by atoms with Crippen LogP contribution in [0, 0.1) is 0 Å². The van der Waals surface area contributed by atoms with Crippen LogP contribution >= 0.6 is 0 Å². The van der Waals surface area contributed by atoms with E-state index in [2.05, 4.69) is 0 Å². The number of rotatable bonds is 5. The van der Waals surface area contributed by atoms with E-state index in [4.69, 9.17) is 18.6 Å². The van der Waals surface area contributed by atoms with Crippen LogP contribution in [0.15, 0.2) is 57.7 Å². The van der Waals surface area contributed by atoms with Crippen molar-refractivity contribution >= 4 is 16.7 Å². The second-order valence-corrected chi connectivity index (χ2v) is 5.24. The predicted molar refractivity (Wildman–Crippen MR) is 91.1 cm³/mol. The Balaban J connectivity index is 1.90. The van der Waals surface area contributed by atoms with E-state index in [1.165, 1.54) is 14.2 Å². The van der Waals surface area contributed by atoms with Gasteiger partial charge >= 0.3 is 11.6 Å². The minimum absolute atomic E-state index is 0.154. The molecule has 3 aromatic rings. The smallest absolute Gasteiger partial charge is 0.347 e. The van der Waals surface area contributed by atoms with Crippen molar-refractivity contribution in [1.29, 1.82) is 0 Å². The van der Waals surface area contributed by atoms with Crippen molar-refractivity contribution in [1.82, 2.24) is 0 Å². The minimum Gasteiger partial charge on any atom is -0.497 e. The highest BCUT2D eigenvalue weighted by molar-refractivity contribution is 5.90. The lowest BCUT2D eigenvalue weighted by Crippen LogP contribution is -2.08. The Morgan fingerprint density at radius 3 is 2.48 bits per heavy atom. The summed E-state index contributed by atoms with van der Waals surface area (Å²) in [6.45, 7) is -0.154. The zero-order valence-corrected chi connectivity index (χ0v) is 13.8. The van der Waals surface area contributed by atoms with Gasteiger partial charge in [-0.2, -0.15) is 0 Å². The second-order valence-electron chi connectivity index (χ2n) is 5.24. The van der Waals surface area contributed by atoms with Crippen molar-refractivity contribution in [3.05, 3.63) is 70.3 Å². The van der Waals surface area contributed by atoms with Crippen molar-refractivity contribution in [3.63, 3.8) is 0 Å². The molecule has 6 heteroatoms. The highest BCUT2D eigenvalue weighted by Gasteiger charge is 2.14. The Labute approximate surface area is 143 Å². The van der Waals surface area contributed by atoms with Gasteiger partial charge in [-0.1, -0.05) is 18.2 Å². The van der Waals surface area contributed by atoms with Gasteiger partial charge in [-0.25, -0.2) is 9.59 Å². The molecule has 0 N–H and O–H groups in total. The molecule has 2 aromatic carbocycles. The molecule has 0 saturated carbocycles. The van der Waals surface area contributed by atoms with Gasteiger partial charge < -0.3 is 18.6 Å². The standard InChI is InChI=1S/C19H16O6/c1-22-14-8-13-9-15(25-19(21)17(13)16(10-14)23-2)11-24-18(20)12-6-4-3-5-7-12/h3-10H,11H2,1-2H3. The maximum atomic E-state index is 12.3. The molecule has 0 spiro atoms. The summed E-state index contributed by atoms with van der Waals surface area (Å²) >= 11 is 0. The Kier molecular flexibility index (Phi) is 4.70.